The molecule has 162 valence electrons. The molecule has 1 N–H and O–H groups in total. The minimum Gasteiger partial charge on any atom is -0.457 e. The van der Waals surface area contributed by atoms with E-state index in [2.05, 4.69) is 5.32 Å². The van der Waals surface area contributed by atoms with E-state index in [1.54, 1.807) is 37.3 Å². The van der Waals surface area contributed by atoms with Crippen LogP contribution in [0.5, 0.6) is 0 Å². The highest BCUT2D eigenvalue weighted by atomic mass is 16.5. The SMILES string of the molecule is CCOC(=O)Nc1ccc2c(COC(=O)c3cccc(-n4cccc4)c3)cc(=O)oc2c1. The topological polar surface area (TPSA) is 99.8 Å². The fourth-order valence-electron chi connectivity index (χ4n) is 3.24. The normalized spacial score (nSPS) is 10.7. The van der Waals surface area contributed by atoms with Crippen molar-refractivity contribution in [2.24, 2.45) is 0 Å². The molecule has 2 aromatic carbocycles. The Balaban J connectivity index is 1.53. The van der Waals surface area contributed by atoms with E-state index in [4.69, 9.17) is 13.9 Å². The third kappa shape index (κ3) is 4.70. The van der Waals surface area contributed by atoms with Crippen molar-refractivity contribution in [2.45, 2.75) is 13.5 Å². The van der Waals surface area contributed by atoms with Gasteiger partial charge in [0.05, 0.1) is 12.2 Å². The van der Waals surface area contributed by atoms with Gasteiger partial charge in [-0.1, -0.05) is 6.07 Å². The van der Waals surface area contributed by atoms with Crippen LogP contribution in [0.4, 0.5) is 10.5 Å². The van der Waals surface area contributed by atoms with Crippen LogP contribution in [0, 0.1) is 0 Å². The molecule has 1 amide bonds. The molecule has 0 fully saturated rings. The summed E-state index contributed by atoms with van der Waals surface area (Å²) in [5.41, 5.74) is 1.80. The molecule has 0 aliphatic rings. The van der Waals surface area contributed by atoms with Crippen LogP contribution in [0.2, 0.25) is 0 Å². The molecule has 0 saturated heterocycles. The molecule has 0 bridgehead atoms. The molecule has 0 saturated carbocycles. The second-order valence-corrected chi connectivity index (χ2v) is 6.86. The molecule has 0 atom stereocenters. The number of fused-ring (bicyclic) bond motifs is 1. The van der Waals surface area contributed by atoms with E-state index in [0.717, 1.165) is 5.69 Å². The Hall–Kier alpha value is -4.33. The first-order chi connectivity index (χ1) is 15.5. The van der Waals surface area contributed by atoms with Crippen molar-refractivity contribution in [2.75, 3.05) is 11.9 Å². The number of carbonyl (C=O) groups excluding carboxylic acids is 2. The maximum atomic E-state index is 12.6. The van der Waals surface area contributed by atoms with Crippen LogP contribution in [-0.2, 0) is 16.1 Å². The Bertz CT molecular complexity index is 1320. The van der Waals surface area contributed by atoms with Crippen molar-refractivity contribution in [3.8, 4) is 5.69 Å². The first-order valence-electron chi connectivity index (χ1n) is 9.94. The van der Waals surface area contributed by atoms with Gasteiger partial charge in [0, 0.05) is 46.9 Å². The van der Waals surface area contributed by atoms with Gasteiger partial charge in [-0.15, -0.1) is 0 Å². The van der Waals surface area contributed by atoms with Crippen molar-refractivity contribution in [1.29, 1.82) is 0 Å². The third-order valence-corrected chi connectivity index (χ3v) is 4.70. The van der Waals surface area contributed by atoms with Crippen LogP contribution in [0.15, 0.2) is 82.3 Å². The van der Waals surface area contributed by atoms with Crippen LogP contribution >= 0.6 is 0 Å². The largest absolute Gasteiger partial charge is 0.457 e. The zero-order chi connectivity index (χ0) is 22.5. The Morgan fingerprint density at radius 1 is 1.00 bits per heavy atom. The molecule has 32 heavy (non-hydrogen) atoms. The minimum absolute atomic E-state index is 0.112. The standard InChI is InChI=1S/C24H20N2O6/c1-2-30-24(29)25-18-8-9-20-17(13-22(27)32-21(20)14-18)15-31-23(28)16-6-5-7-19(12-16)26-10-3-4-11-26/h3-14H,2,15H2,1H3,(H,25,29). The second-order valence-electron chi connectivity index (χ2n) is 6.86. The number of hydrogen-bond donors (Lipinski definition) is 1. The van der Waals surface area contributed by atoms with Crippen LogP contribution in [0.3, 0.4) is 0 Å². The van der Waals surface area contributed by atoms with Crippen molar-refractivity contribution in [3.63, 3.8) is 0 Å². The third-order valence-electron chi connectivity index (χ3n) is 4.70. The highest BCUT2D eigenvalue weighted by Crippen LogP contribution is 2.22. The number of esters is 1. The van der Waals surface area contributed by atoms with Gasteiger partial charge in [0.15, 0.2) is 0 Å². The summed E-state index contributed by atoms with van der Waals surface area (Å²) in [6, 6.07) is 17.0. The van der Waals surface area contributed by atoms with E-state index >= 15 is 0 Å². The Labute approximate surface area is 183 Å². The van der Waals surface area contributed by atoms with Crippen LogP contribution in [0.25, 0.3) is 16.7 Å². The van der Waals surface area contributed by atoms with Crippen molar-refractivity contribution < 1.29 is 23.5 Å². The molecule has 8 nitrogen and oxygen atoms in total. The van der Waals surface area contributed by atoms with Crippen molar-refractivity contribution >= 4 is 28.7 Å². The van der Waals surface area contributed by atoms with E-state index in [0.29, 0.717) is 22.2 Å². The summed E-state index contributed by atoms with van der Waals surface area (Å²) >= 11 is 0. The van der Waals surface area contributed by atoms with Crippen LogP contribution < -0.4 is 10.9 Å². The van der Waals surface area contributed by atoms with Gasteiger partial charge in [0.25, 0.3) is 0 Å². The van der Waals surface area contributed by atoms with Crippen LogP contribution in [0.1, 0.15) is 22.8 Å². The Morgan fingerprint density at radius 3 is 2.59 bits per heavy atom. The number of carbonyl (C=O) groups is 2. The monoisotopic (exact) mass is 432 g/mol. The summed E-state index contributed by atoms with van der Waals surface area (Å²) in [5.74, 6) is -0.513. The van der Waals surface area contributed by atoms with Gasteiger partial charge < -0.3 is 18.5 Å². The minimum atomic E-state index is -0.610. The molecule has 0 spiro atoms. The maximum Gasteiger partial charge on any atom is 0.411 e. The summed E-state index contributed by atoms with van der Waals surface area (Å²) < 4.78 is 17.4. The summed E-state index contributed by atoms with van der Waals surface area (Å²) in [7, 11) is 0. The summed E-state index contributed by atoms with van der Waals surface area (Å²) in [4.78, 5) is 36.2. The Morgan fingerprint density at radius 2 is 1.81 bits per heavy atom. The van der Waals surface area contributed by atoms with Crippen molar-refractivity contribution in [1.82, 2.24) is 4.57 Å². The number of anilines is 1. The highest BCUT2D eigenvalue weighted by Gasteiger charge is 2.13. The van der Waals surface area contributed by atoms with Crippen molar-refractivity contribution in [3.05, 3.63) is 94.6 Å². The number of benzene rings is 2. The number of aromatic nitrogens is 1. The summed E-state index contributed by atoms with van der Waals surface area (Å²) in [6.07, 6.45) is 3.15. The van der Waals surface area contributed by atoms with Gasteiger partial charge in [0.1, 0.15) is 12.2 Å². The van der Waals surface area contributed by atoms with E-state index < -0.39 is 17.7 Å². The molecule has 2 heterocycles. The summed E-state index contributed by atoms with van der Waals surface area (Å²) in [6.45, 7) is 1.82. The van der Waals surface area contributed by atoms with Gasteiger partial charge in [-0.2, -0.15) is 0 Å². The molecule has 0 aliphatic heterocycles. The zero-order valence-electron chi connectivity index (χ0n) is 17.2. The number of nitrogens with zero attached hydrogens (tertiary/aromatic N) is 1. The Kier molecular flexibility index (Phi) is 6.03. The second kappa shape index (κ2) is 9.22. The highest BCUT2D eigenvalue weighted by molar-refractivity contribution is 5.91. The molecule has 4 aromatic rings. The zero-order valence-corrected chi connectivity index (χ0v) is 17.2. The lowest BCUT2D eigenvalue weighted by Gasteiger charge is -2.10. The lowest BCUT2D eigenvalue weighted by atomic mass is 10.1. The molecule has 0 unspecified atom stereocenters. The lowest BCUT2D eigenvalue weighted by Crippen LogP contribution is -2.13. The van der Waals surface area contributed by atoms with E-state index in [9.17, 15) is 14.4 Å². The smallest absolute Gasteiger partial charge is 0.411 e. The average Bonchev–Trinajstić information content (AvgIpc) is 3.32. The molecular formula is C24H20N2O6. The van der Waals surface area contributed by atoms with Gasteiger partial charge in [-0.3, -0.25) is 5.32 Å². The average molecular weight is 432 g/mol. The first-order valence-corrected chi connectivity index (χ1v) is 9.94. The number of ether oxygens (including phenoxy) is 2. The fourth-order valence-corrected chi connectivity index (χ4v) is 3.24. The molecule has 4 rings (SSSR count). The van der Waals surface area contributed by atoms with Gasteiger partial charge in [-0.05, 0) is 49.4 Å². The quantitative estimate of drug-likeness (QED) is 0.355. The molecule has 0 aliphatic carbocycles. The van der Waals surface area contributed by atoms with E-state index in [1.165, 1.54) is 12.1 Å². The van der Waals surface area contributed by atoms with Gasteiger partial charge in [0.2, 0.25) is 0 Å². The molecular weight excluding hydrogens is 412 g/mol. The molecule has 2 aromatic heterocycles. The van der Waals surface area contributed by atoms with Gasteiger partial charge in [-0.25, -0.2) is 14.4 Å². The maximum absolute atomic E-state index is 12.6. The fraction of sp³-hybridized carbons (Fsp3) is 0.125. The lowest BCUT2D eigenvalue weighted by molar-refractivity contribution is 0.0473. The number of nitrogens with one attached hydrogen (secondary N) is 1. The number of amides is 1. The van der Waals surface area contributed by atoms with E-state index in [1.807, 2.05) is 35.2 Å². The summed E-state index contributed by atoms with van der Waals surface area (Å²) in [5, 5.41) is 3.14. The predicted molar refractivity (Wildman–Crippen MR) is 118 cm³/mol. The predicted octanol–water partition coefficient (Wildman–Crippen LogP) is 4.51. The number of rotatable bonds is 6. The first kappa shape index (κ1) is 20.9. The van der Waals surface area contributed by atoms with E-state index in [-0.39, 0.29) is 18.8 Å². The number of hydrogen-bond acceptors (Lipinski definition) is 6. The molecule has 0 radical (unpaired) electrons. The van der Waals surface area contributed by atoms with Crippen LogP contribution in [-0.4, -0.2) is 23.2 Å². The molecule has 8 heteroatoms. The van der Waals surface area contributed by atoms with Gasteiger partial charge >= 0.3 is 17.7 Å².